The molecule has 3 rings (SSSR count). The van der Waals surface area contributed by atoms with E-state index >= 15 is 0 Å². The van der Waals surface area contributed by atoms with E-state index in [1.807, 2.05) is 0 Å². The van der Waals surface area contributed by atoms with Crippen LogP contribution in [0.15, 0.2) is 47.5 Å². The zero-order chi connectivity index (χ0) is 18.5. The first-order valence-electron chi connectivity index (χ1n) is 10.0. The van der Waals surface area contributed by atoms with Gasteiger partial charge in [0.1, 0.15) is 11.5 Å². The number of hydrogen-bond acceptors (Lipinski definition) is 3. The van der Waals surface area contributed by atoms with Crippen molar-refractivity contribution in [3.8, 4) is 5.75 Å². The fourth-order valence-electron chi connectivity index (χ4n) is 3.65. The summed E-state index contributed by atoms with van der Waals surface area (Å²) in [7, 11) is 0. The summed E-state index contributed by atoms with van der Waals surface area (Å²) < 4.78 is 12.4. The lowest BCUT2D eigenvalue weighted by Gasteiger charge is -2.20. The van der Waals surface area contributed by atoms with Gasteiger partial charge in [-0.3, -0.25) is 0 Å². The fourth-order valence-corrected chi connectivity index (χ4v) is 3.65. The summed E-state index contributed by atoms with van der Waals surface area (Å²) in [4.78, 5) is 2.29. The first-order valence-corrected chi connectivity index (χ1v) is 10.0. The molecule has 0 fully saturated rings. The topological polar surface area (TPSA) is 21.7 Å². The lowest BCUT2D eigenvalue weighted by Crippen LogP contribution is -2.14. The van der Waals surface area contributed by atoms with Gasteiger partial charge in [0.25, 0.3) is 0 Å². The van der Waals surface area contributed by atoms with E-state index in [-0.39, 0.29) is 0 Å². The lowest BCUT2D eigenvalue weighted by atomic mass is 10.0. The summed E-state index contributed by atoms with van der Waals surface area (Å²) >= 11 is 0. The summed E-state index contributed by atoms with van der Waals surface area (Å²) in [6, 6.07) is 4.45. The second-order valence-electron chi connectivity index (χ2n) is 6.81. The highest BCUT2D eigenvalue weighted by atomic mass is 16.5. The first kappa shape index (κ1) is 18.6. The fraction of sp³-hybridized carbons (Fsp3) is 0.478. The number of rotatable bonds is 8. The Labute approximate surface area is 158 Å². The predicted octanol–water partition coefficient (Wildman–Crippen LogP) is 5.90. The maximum absolute atomic E-state index is 6.23. The molecular formula is C23H31NO2. The third-order valence-electron chi connectivity index (χ3n) is 4.96. The second-order valence-corrected chi connectivity index (χ2v) is 6.81. The van der Waals surface area contributed by atoms with Crippen LogP contribution in [0.3, 0.4) is 0 Å². The number of nitrogens with zero attached hydrogens (tertiary/aromatic N) is 1. The molecule has 2 aliphatic heterocycles. The van der Waals surface area contributed by atoms with Crippen molar-refractivity contribution in [1.29, 1.82) is 0 Å². The van der Waals surface area contributed by atoms with Gasteiger partial charge in [-0.05, 0) is 49.0 Å². The molecule has 1 aromatic rings. The van der Waals surface area contributed by atoms with Gasteiger partial charge in [0.15, 0.2) is 0 Å². The third-order valence-corrected chi connectivity index (χ3v) is 4.96. The largest absolute Gasteiger partial charge is 0.493 e. The van der Waals surface area contributed by atoms with Gasteiger partial charge in [0.2, 0.25) is 0 Å². The predicted molar refractivity (Wildman–Crippen MR) is 109 cm³/mol. The Morgan fingerprint density at radius 2 is 1.73 bits per heavy atom. The van der Waals surface area contributed by atoms with Crippen molar-refractivity contribution in [2.75, 3.05) is 18.1 Å². The maximum atomic E-state index is 6.23. The minimum atomic E-state index is 0.750. The summed E-state index contributed by atoms with van der Waals surface area (Å²) in [6.45, 7) is 10.2. The van der Waals surface area contributed by atoms with Crippen molar-refractivity contribution in [2.45, 2.75) is 59.8 Å². The average Bonchev–Trinajstić information content (AvgIpc) is 2.93. The van der Waals surface area contributed by atoms with Gasteiger partial charge in [0, 0.05) is 18.2 Å². The number of hydrogen-bond donors (Lipinski definition) is 0. The molecule has 0 radical (unpaired) electrons. The molecular weight excluding hydrogens is 322 g/mol. The van der Waals surface area contributed by atoms with Gasteiger partial charge in [-0.15, -0.1) is 0 Å². The minimum absolute atomic E-state index is 0.750. The van der Waals surface area contributed by atoms with E-state index < -0.39 is 0 Å². The van der Waals surface area contributed by atoms with Crippen molar-refractivity contribution >= 4 is 5.69 Å². The van der Waals surface area contributed by atoms with E-state index in [1.54, 1.807) is 0 Å². The van der Waals surface area contributed by atoms with Crippen molar-refractivity contribution in [2.24, 2.45) is 0 Å². The average molecular weight is 354 g/mol. The molecule has 0 bridgehead atoms. The Balaban J connectivity index is 2.09. The maximum Gasteiger partial charge on any atom is 0.142 e. The normalized spacial score (nSPS) is 15.5. The van der Waals surface area contributed by atoms with Crippen molar-refractivity contribution in [1.82, 2.24) is 0 Å². The van der Waals surface area contributed by atoms with E-state index in [4.69, 9.17) is 9.47 Å². The quantitative estimate of drug-likeness (QED) is 0.580. The molecule has 1 aromatic carbocycles. The van der Waals surface area contributed by atoms with Gasteiger partial charge in [-0.1, -0.05) is 39.8 Å². The summed E-state index contributed by atoms with van der Waals surface area (Å²) in [5, 5.41) is 0. The van der Waals surface area contributed by atoms with Crippen LogP contribution in [0.4, 0.5) is 5.69 Å². The number of ether oxygens (including phenoxy) is 2. The van der Waals surface area contributed by atoms with Crippen LogP contribution in [0, 0.1) is 0 Å². The highest BCUT2D eigenvalue weighted by Gasteiger charge is 2.31. The molecule has 0 spiro atoms. The van der Waals surface area contributed by atoms with Gasteiger partial charge in [0.05, 0.1) is 24.6 Å². The van der Waals surface area contributed by atoms with Crippen molar-refractivity contribution in [3.63, 3.8) is 0 Å². The van der Waals surface area contributed by atoms with Crippen molar-refractivity contribution < 1.29 is 9.47 Å². The molecule has 0 aromatic heterocycles. The summed E-state index contributed by atoms with van der Waals surface area (Å²) in [5.74, 6) is 2.13. The number of benzene rings is 1. The molecule has 2 aliphatic rings. The van der Waals surface area contributed by atoms with Crippen LogP contribution in [0.5, 0.6) is 5.75 Å². The number of allylic oxidation sites excluding steroid dienone is 4. The Hall–Kier alpha value is -2.16. The molecule has 0 atom stereocenters. The van der Waals surface area contributed by atoms with Crippen LogP contribution in [0.1, 0.15) is 58.1 Å². The molecule has 140 valence electrons. The molecule has 0 N–H and O–H groups in total. The van der Waals surface area contributed by atoms with E-state index in [0.717, 1.165) is 56.8 Å². The molecule has 0 saturated heterocycles. The Kier molecular flexibility index (Phi) is 6.08. The minimum Gasteiger partial charge on any atom is -0.493 e. The van der Waals surface area contributed by atoms with Crippen LogP contribution < -0.4 is 9.64 Å². The highest BCUT2D eigenvalue weighted by molar-refractivity contribution is 5.74. The van der Waals surface area contributed by atoms with Gasteiger partial charge in [-0.25, -0.2) is 0 Å². The Bertz CT molecular complexity index is 743. The first-order chi connectivity index (χ1) is 12.7. The Morgan fingerprint density at radius 3 is 2.42 bits per heavy atom. The van der Waals surface area contributed by atoms with Crippen LogP contribution in [0.25, 0.3) is 0 Å². The number of anilines is 1. The lowest BCUT2D eigenvalue weighted by molar-refractivity contribution is 0.215. The molecule has 26 heavy (non-hydrogen) atoms. The van der Waals surface area contributed by atoms with E-state index in [1.165, 1.54) is 28.1 Å². The molecule has 3 heteroatoms. The van der Waals surface area contributed by atoms with E-state index in [9.17, 15) is 0 Å². The van der Waals surface area contributed by atoms with Crippen LogP contribution in [0.2, 0.25) is 0 Å². The number of fused-ring (bicyclic) bond motifs is 3. The second kappa shape index (κ2) is 8.48. The summed E-state index contributed by atoms with van der Waals surface area (Å²) in [6.07, 6.45) is 11.3. The van der Waals surface area contributed by atoms with E-state index in [2.05, 4.69) is 63.1 Å². The summed E-state index contributed by atoms with van der Waals surface area (Å²) in [5.41, 5.74) is 6.33. The zero-order valence-electron chi connectivity index (χ0n) is 16.6. The van der Waals surface area contributed by atoms with Gasteiger partial charge >= 0.3 is 0 Å². The smallest absolute Gasteiger partial charge is 0.142 e. The van der Waals surface area contributed by atoms with Gasteiger partial charge in [-0.2, -0.15) is 0 Å². The van der Waals surface area contributed by atoms with Gasteiger partial charge < -0.3 is 14.4 Å². The Morgan fingerprint density at radius 1 is 0.962 bits per heavy atom. The zero-order valence-corrected chi connectivity index (χ0v) is 16.6. The standard InChI is InChI=1S/C23H31NO2/c1-5-14-25-22-18(8-4)11-12-20-19(22)16-21-23(26-15-6-2)17(7-3)10-9-13-24(20)21/h9-13H,5-8,14-16H2,1-4H3. The molecule has 0 unspecified atom stereocenters. The molecule has 0 aliphatic carbocycles. The molecule has 0 amide bonds. The molecule has 0 saturated carbocycles. The number of aryl methyl sites for hydroxylation is 1. The highest BCUT2D eigenvalue weighted by Crippen LogP contribution is 2.45. The van der Waals surface area contributed by atoms with Crippen LogP contribution in [-0.4, -0.2) is 13.2 Å². The molecule has 2 heterocycles. The third kappa shape index (κ3) is 3.40. The van der Waals surface area contributed by atoms with Crippen LogP contribution >= 0.6 is 0 Å². The monoisotopic (exact) mass is 353 g/mol. The molecule has 3 nitrogen and oxygen atoms in total. The van der Waals surface area contributed by atoms with Crippen LogP contribution in [-0.2, 0) is 17.6 Å². The van der Waals surface area contributed by atoms with Crippen molar-refractivity contribution in [3.05, 3.63) is 58.6 Å². The SMILES string of the molecule is CCCOC1=C2Cc3c(ccc(CC)c3OCCC)N2C=CC=C1CC. The van der Waals surface area contributed by atoms with E-state index in [0.29, 0.717) is 0 Å².